The number of carboxylic acids is 1. The van der Waals surface area contributed by atoms with Gasteiger partial charge in [-0.3, -0.25) is 0 Å². The van der Waals surface area contributed by atoms with Crippen LogP contribution in [0.5, 0.6) is 11.5 Å². The van der Waals surface area contributed by atoms with Crippen LogP contribution in [0.15, 0.2) is 18.2 Å². The number of benzene rings is 1. The highest BCUT2D eigenvalue weighted by Crippen LogP contribution is 2.25. The van der Waals surface area contributed by atoms with Gasteiger partial charge < -0.3 is 19.3 Å². The van der Waals surface area contributed by atoms with Crippen LogP contribution in [0.4, 0.5) is 0 Å². The van der Waals surface area contributed by atoms with Crippen molar-refractivity contribution in [2.45, 2.75) is 26.4 Å². The lowest BCUT2D eigenvalue weighted by molar-refractivity contribution is 0.0645. The first-order valence-electron chi connectivity index (χ1n) is 6.24. The summed E-state index contributed by atoms with van der Waals surface area (Å²) < 4.78 is 16.0. The largest absolute Gasteiger partial charge is 0.493 e. The predicted molar refractivity (Wildman–Crippen MR) is 71.2 cm³/mol. The fourth-order valence-corrected chi connectivity index (χ4v) is 1.38. The monoisotopic (exact) mass is 268 g/mol. The Kier molecular flexibility index (Phi) is 6.15. The first-order valence-corrected chi connectivity index (χ1v) is 6.24. The fourth-order valence-electron chi connectivity index (χ4n) is 1.38. The van der Waals surface area contributed by atoms with Crippen molar-refractivity contribution >= 4 is 5.97 Å². The molecular formula is C14H20O5. The summed E-state index contributed by atoms with van der Waals surface area (Å²) in [5.41, 5.74) is 0.118. The molecule has 1 atom stereocenters. The summed E-state index contributed by atoms with van der Waals surface area (Å²) in [7, 11) is 1.58. The van der Waals surface area contributed by atoms with Crippen LogP contribution in [0.3, 0.4) is 0 Å². The molecule has 19 heavy (non-hydrogen) atoms. The third kappa shape index (κ3) is 4.79. The molecule has 5 heteroatoms. The van der Waals surface area contributed by atoms with Gasteiger partial charge in [-0.05, 0) is 25.5 Å². The lowest BCUT2D eigenvalue weighted by Gasteiger charge is -2.14. The van der Waals surface area contributed by atoms with Crippen LogP contribution in [0.2, 0.25) is 0 Å². The zero-order chi connectivity index (χ0) is 14.3. The molecule has 0 saturated heterocycles. The quantitative estimate of drug-likeness (QED) is 0.785. The summed E-state index contributed by atoms with van der Waals surface area (Å²) in [6.07, 6.45) is 0.777. The standard InChI is InChI=1S/C14H20O5/c1-4-7-18-11-5-6-12(14(15)16)13(8-11)19-9-10(2)17-3/h5-6,8,10H,4,7,9H2,1-3H3,(H,15,16). The second kappa shape index (κ2) is 7.63. The van der Waals surface area contributed by atoms with Crippen LogP contribution in [-0.4, -0.2) is 37.5 Å². The van der Waals surface area contributed by atoms with E-state index >= 15 is 0 Å². The van der Waals surface area contributed by atoms with Crippen molar-refractivity contribution in [1.29, 1.82) is 0 Å². The van der Waals surface area contributed by atoms with Crippen LogP contribution < -0.4 is 9.47 Å². The van der Waals surface area contributed by atoms with E-state index in [2.05, 4.69) is 0 Å². The van der Waals surface area contributed by atoms with Gasteiger partial charge in [0.25, 0.3) is 0 Å². The van der Waals surface area contributed by atoms with Crippen molar-refractivity contribution in [3.8, 4) is 11.5 Å². The third-order valence-corrected chi connectivity index (χ3v) is 2.53. The number of carboxylic acid groups (broad SMARTS) is 1. The zero-order valence-corrected chi connectivity index (χ0v) is 11.5. The van der Waals surface area contributed by atoms with Gasteiger partial charge in [0, 0.05) is 13.2 Å². The Morgan fingerprint density at radius 2 is 2.11 bits per heavy atom. The maximum atomic E-state index is 11.1. The van der Waals surface area contributed by atoms with Gasteiger partial charge in [0.1, 0.15) is 23.7 Å². The van der Waals surface area contributed by atoms with Crippen LogP contribution in [0, 0.1) is 0 Å². The van der Waals surface area contributed by atoms with Crippen molar-refractivity contribution in [3.63, 3.8) is 0 Å². The Morgan fingerprint density at radius 3 is 2.68 bits per heavy atom. The lowest BCUT2D eigenvalue weighted by atomic mass is 10.2. The molecule has 0 bridgehead atoms. The van der Waals surface area contributed by atoms with E-state index < -0.39 is 5.97 Å². The number of rotatable bonds is 8. The Hall–Kier alpha value is -1.75. The molecule has 0 aliphatic heterocycles. The molecule has 0 spiro atoms. The molecule has 0 aliphatic carbocycles. The van der Waals surface area contributed by atoms with E-state index in [9.17, 15) is 4.79 Å². The average Bonchev–Trinajstić information content (AvgIpc) is 2.42. The van der Waals surface area contributed by atoms with Crippen LogP contribution in [0.25, 0.3) is 0 Å². The minimum absolute atomic E-state index is 0.109. The first kappa shape index (κ1) is 15.3. The lowest BCUT2D eigenvalue weighted by Crippen LogP contribution is -2.17. The van der Waals surface area contributed by atoms with Crippen molar-refractivity contribution in [1.82, 2.24) is 0 Å². The van der Waals surface area contributed by atoms with E-state index in [1.165, 1.54) is 6.07 Å². The van der Waals surface area contributed by atoms with Gasteiger partial charge in [-0.25, -0.2) is 4.79 Å². The molecule has 0 amide bonds. The molecule has 0 saturated carbocycles. The molecule has 5 nitrogen and oxygen atoms in total. The van der Waals surface area contributed by atoms with E-state index in [1.807, 2.05) is 13.8 Å². The van der Waals surface area contributed by atoms with Crippen LogP contribution in [0.1, 0.15) is 30.6 Å². The van der Waals surface area contributed by atoms with Gasteiger partial charge >= 0.3 is 5.97 Å². The van der Waals surface area contributed by atoms with Gasteiger partial charge in [0.15, 0.2) is 0 Å². The highest BCUT2D eigenvalue weighted by atomic mass is 16.5. The normalized spacial score (nSPS) is 11.9. The second-order valence-corrected chi connectivity index (χ2v) is 4.17. The van der Waals surface area contributed by atoms with Gasteiger partial charge in [0.2, 0.25) is 0 Å². The number of hydrogen-bond acceptors (Lipinski definition) is 4. The Morgan fingerprint density at radius 1 is 1.37 bits per heavy atom. The molecule has 106 valence electrons. The summed E-state index contributed by atoms with van der Waals surface area (Å²) in [6, 6.07) is 4.72. The third-order valence-electron chi connectivity index (χ3n) is 2.53. The van der Waals surface area contributed by atoms with E-state index in [0.29, 0.717) is 18.1 Å². The molecular weight excluding hydrogens is 248 g/mol. The molecule has 1 aromatic rings. The SMILES string of the molecule is CCCOc1ccc(C(=O)O)c(OCC(C)OC)c1. The van der Waals surface area contributed by atoms with Gasteiger partial charge in [-0.1, -0.05) is 6.92 Å². The molecule has 1 N–H and O–H groups in total. The Balaban J connectivity index is 2.85. The van der Waals surface area contributed by atoms with Crippen molar-refractivity contribution in [3.05, 3.63) is 23.8 Å². The molecule has 1 unspecified atom stereocenters. The number of aromatic carboxylic acids is 1. The minimum Gasteiger partial charge on any atom is -0.493 e. The number of hydrogen-bond donors (Lipinski definition) is 1. The van der Waals surface area contributed by atoms with E-state index in [-0.39, 0.29) is 18.3 Å². The summed E-state index contributed by atoms with van der Waals surface area (Å²) in [5.74, 6) is -0.126. The average molecular weight is 268 g/mol. The van der Waals surface area contributed by atoms with Crippen molar-refractivity contribution < 1.29 is 24.1 Å². The predicted octanol–water partition coefficient (Wildman–Crippen LogP) is 2.59. The smallest absolute Gasteiger partial charge is 0.339 e. The molecule has 0 aromatic heterocycles. The van der Waals surface area contributed by atoms with E-state index in [0.717, 1.165) is 6.42 Å². The summed E-state index contributed by atoms with van der Waals surface area (Å²) >= 11 is 0. The molecule has 0 heterocycles. The maximum Gasteiger partial charge on any atom is 0.339 e. The van der Waals surface area contributed by atoms with Gasteiger partial charge in [-0.15, -0.1) is 0 Å². The van der Waals surface area contributed by atoms with E-state index in [4.69, 9.17) is 19.3 Å². The Labute approximate surface area is 113 Å². The summed E-state index contributed by atoms with van der Waals surface area (Å²) in [6.45, 7) is 4.72. The number of methoxy groups -OCH3 is 1. The highest BCUT2D eigenvalue weighted by Gasteiger charge is 2.13. The number of ether oxygens (including phenoxy) is 3. The number of carbonyl (C=O) groups is 1. The molecule has 1 aromatic carbocycles. The van der Waals surface area contributed by atoms with Gasteiger partial charge in [0.05, 0.1) is 12.7 Å². The Bertz CT molecular complexity index is 416. The molecule has 1 rings (SSSR count). The second-order valence-electron chi connectivity index (χ2n) is 4.17. The van der Waals surface area contributed by atoms with Crippen molar-refractivity contribution in [2.75, 3.05) is 20.3 Å². The topological polar surface area (TPSA) is 65.0 Å². The van der Waals surface area contributed by atoms with E-state index in [1.54, 1.807) is 19.2 Å². The molecule has 0 radical (unpaired) electrons. The zero-order valence-electron chi connectivity index (χ0n) is 11.5. The van der Waals surface area contributed by atoms with Crippen molar-refractivity contribution in [2.24, 2.45) is 0 Å². The van der Waals surface area contributed by atoms with Crippen LogP contribution in [-0.2, 0) is 4.74 Å². The highest BCUT2D eigenvalue weighted by molar-refractivity contribution is 5.91. The van der Waals surface area contributed by atoms with Gasteiger partial charge in [-0.2, -0.15) is 0 Å². The first-order chi connectivity index (χ1) is 9.08. The summed E-state index contributed by atoms with van der Waals surface area (Å²) in [5, 5.41) is 9.10. The fraction of sp³-hybridized carbons (Fsp3) is 0.500. The van der Waals surface area contributed by atoms with Crippen LogP contribution >= 0.6 is 0 Å². The molecule has 0 fully saturated rings. The minimum atomic E-state index is -1.03. The summed E-state index contributed by atoms with van der Waals surface area (Å²) in [4.78, 5) is 11.1. The maximum absolute atomic E-state index is 11.1. The molecule has 0 aliphatic rings.